The van der Waals surface area contributed by atoms with E-state index in [1.54, 1.807) is 0 Å². The number of nitrogens with two attached hydrogens (primary N) is 1. The SMILES string of the molecule is CC1CN(CCC2CCCCC2)CC1N.Cl. The molecule has 0 aromatic rings. The Morgan fingerprint density at radius 2 is 1.81 bits per heavy atom. The van der Waals surface area contributed by atoms with Gasteiger partial charge in [0.1, 0.15) is 0 Å². The Morgan fingerprint density at radius 3 is 2.38 bits per heavy atom. The first-order chi connectivity index (χ1) is 7.25. The molecule has 0 amide bonds. The zero-order chi connectivity index (χ0) is 10.7. The van der Waals surface area contributed by atoms with Gasteiger partial charge in [0.15, 0.2) is 0 Å². The highest BCUT2D eigenvalue weighted by molar-refractivity contribution is 5.85. The van der Waals surface area contributed by atoms with Crippen molar-refractivity contribution in [3.05, 3.63) is 0 Å². The van der Waals surface area contributed by atoms with Gasteiger partial charge in [0.2, 0.25) is 0 Å². The van der Waals surface area contributed by atoms with E-state index in [-0.39, 0.29) is 12.4 Å². The Bertz CT molecular complexity index is 182. The van der Waals surface area contributed by atoms with E-state index in [4.69, 9.17) is 5.73 Å². The lowest BCUT2D eigenvalue weighted by Gasteiger charge is -2.24. The lowest BCUT2D eigenvalue weighted by molar-refractivity contribution is 0.260. The maximum absolute atomic E-state index is 6.04. The summed E-state index contributed by atoms with van der Waals surface area (Å²) >= 11 is 0. The molecule has 96 valence electrons. The summed E-state index contributed by atoms with van der Waals surface area (Å²) in [4.78, 5) is 2.57. The topological polar surface area (TPSA) is 29.3 Å². The van der Waals surface area contributed by atoms with Crippen LogP contribution in [-0.4, -0.2) is 30.6 Å². The number of rotatable bonds is 3. The fourth-order valence-corrected chi connectivity index (χ4v) is 3.12. The van der Waals surface area contributed by atoms with Crippen LogP contribution in [0.2, 0.25) is 0 Å². The highest BCUT2D eigenvalue weighted by Crippen LogP contribution is 2.27. The molecule has 2 aliphatic rings. The molecular weight excluding hydrogens is 220 g/mol. The molecule has 2 rings (SSSR count). The highest BCUT2D eigenvalue weighted by atomic mass is 35.5. The zero-order valence-corrected chi connectivity index (χ0v) is 11.3. The first-order valence-corrected chi connectivity index (χ1v) is 6.73. The van der Waals surface area contributed by atoms with E-state index < -0.39 is 0 Å². The van der Waals surface area contributed by atoms with Gasteiger partial charge in [-0.05, 0) is 24.8 Å². The minimum Gasteiger partial charge on any atom is -0.326 e. The number of nitrogens with zero attached hydrogens (tertiary/aromatic N) is 1. The molecular formula is C13H27ClN2. The van der Waals surface area contributed by atoms with Crippen molar-refractivity contribution >= 4 is 12.4 Å². The van der Waals surface area contributed by atoms with Crippen molar-refractivity contribution in [3.63, 3.8) is 0 Å². The predicted molar refractivity (Wildman–Crippen MR) is 72.0 cm³/mol. The molecule has 3 heteroatoms. The summed E-state index contributed by atoms with van der Waals surface area (Å²) in [6.07, 6.45) is 8.80. The van der Waals surface area contributed by atoms with Crippen molar-refractivity contribution in [2.45, 2.75) is 51.5 Å². The molecule has 2 N–H and O–H groups in total. The average Bonchev–Trinajstić information content (AvgIpc) is 2.57. The Balaban J connectivity index is 0.00000128. The minimum absolute atomic E-state index is 0. The highest BCUT2D eigenvalue weighted by Gasteiger charge is 2.26. The third-order valence-corrected chi connectivity index (χ3v) is 4.32. The van der Waals surface area contributed by atoms with Gasteiger partial charge in [-0.15, -0.1) is 12.4 Å². The summed E-state index contributed by atoms with van der Waals surface area (Å²) in [5.74, 6) is 1.72. The fourth-order valence-electron chi connectivity index (χ4n) is 3.12. The summed E-state index contributed by atoms with van der Waals surface area (Å²) in [5, 5.41) is 0. The molecule has 0 aromatic carbocycles. The van der Waals surface area contributed by atoms with Crippen LogP contribution < -0.4 is 5.73 Å². The smallest absolute Gasteiger partial charge is 0.0206 e. The van der Waals surface area contributed by atoms with Gasteiger partial charge in [-0.25, -0.2) is 0 Å². The van der Waals surface area contributed by atoms with Crippen molar-refractivity contribution in [2.24, 2.45) is 17.6 Å². The van der Waals surface area contributed by atoms with E-state index in [1.165, 1.54) is 51.6 Å². The first-order valence-electron chi connectivity index (χ1n) is 6.73. The van der Waals surface area contributed by atoms with Gasteiger partial charge in [-0.2, -0.15) is 0 Å². The van der Waals surface area contributed by atoms with Crippen LogP contribution >= 0.6 is 12.4 Å². The average molecular weight is 247 g/mol. The molecule has 2 fully saturated rings. The molecule has 1 aliphatic heterocycles. The summed E-state index contributed by atoms with van der Waals surface area (Å²) in [7, 11) is 0. The Labute approximate surface area is 106 Å². The molecule has 2 atom stereocenters. The summed E-state index contributed by atoms with van der Waals surface area (Å²) < 4.78 is 0. The van der Waals surface area contributed by atoms with Crippen LogP contribution in [0.5, 0.6) is 0 Å². The molecule has 1 saturated heterocycles. The van der Waals surface area contributed by atoms with Gasteiger partial charge in [-0.3, -0.25) is 0 Å². The Morgan fingerprint density at radius 1 is 1.12 bits per heavy atom. The Hall–Kier alpha value is 0.210. The summed E-state index contributed by atoms with van der Waals surface area (Å²) in [6, 6.07) is 0.427. The number of hydrogen-bond donors (Lipinski definition) is 1. The zero-order valence-electron chi connectivity index (χ0n) is 10.5. The molecule has 1 saturated carbocycles. The van der Waals surface area contributed by atoms with E-state index in [9.17, 15) is 0 Å². The van der Waals surface area contributed by atoms with Crippen molar-refractivity contribution < 1.29 is 0 Å². The van der Waals surface area contributed by atoms with Crippen LogP contribution in [0.1, 0.15) is 45.4 Å². The number of likely N-dealkylation sites (tertiary alicyclic amines) is 1. The second-order valence-corrected chi connectivity index (χ2v) is 5.69. The lowest BCUT2D eigenvalue weighted by atomic mass is 9.87. The first kappa shape index (κ1) is 14.3. The van der Waals surface area contributed by atoms with Crippen LogP contribution in [0.3, 0.4) is 0 Å². The van der Waals surface area contributed by atoms with E-state index in [1.807, 2.05) is 0 Å². The van der Waals surface area contributed by atoms with Crippen molar-refractivity contribution in [3.8, 4) is 0 Å². The van der Waals surface area contributed by atoms with Gasteiger partial charge < -0.3 is 10.6 Å². The van der Waals surface area contributed by atoms with Gasteiger partial charge >= 0.3 is 0 Å². The largest absolute Gasteiger partial charge is 0.326 e. The van der Waals surface area contributed by atoms with E-state index in [2.05, 4.69) is 11.8 Å². The third kappa shape index (κ3) is 3.90. The molecule has 0 radical (unpaired) electrons. The van der Waals surface area contributed by atoms with Crippen LogP contribution in [0.15, 0.2) is 0 Å². The van der Waals surface area contributed by atoms with Gasteiger partial charge in [0.25, 0.3) is 0 Å². The van der Waals surface area contributed by atoms with Gasteiger partial charge in [0.05, 0.1) is 0 Å². The Kier molecular flexibility index (Phi) is 6.09. The lowest BCUT2D eigenvalue weighted by Crippen LogP contribution is -2.29. The standard InChI is InChI=1S/C13H26N2.ClH/c1-11-9-15(10-13(11)14)8-7-12-5-3-2-4-6-12;/h11-13H,2-10,14H2,1H3;1H. The monoisotopic (exact) mass is 246 g/mol. The molecule has 2 unspecified atom stereocenters. The number of hydrogen-bond acceptors (Lipinski definition) is 2. The maximum Gasteiger partial charge on any atom is 0.0206 e. The predicted octanol–water partition coefficient (Wildman–Crippen LogP) is 2.66. The van der Waals surface area contributed by atoms with Crippen LogP contribution in [0, 0.1) is 11.8 Å². The summed E-state index contributed by atoms with van der Waals surface area (Å²) in [6.45, 7) is 5.94. The van der Waals surface area contributed by atoms with Crippen LogP contribution in [-0.2, 0) is 0 Å². The van der Waals surface area contributed by atoms with Crippen LogP contribution in [0.25, 0.3) is 0 Å². The van der Waals surface area contributed by atoms with Gasteiger partial charge in [0, 0.05) is 19.1 Å². The minimum atomic E-state index is 0. The molecule has 0 aromatic heterocycles. The molecule has 1 heterocycles. The normalized spacial score (nSPS) is 32.6. The number of halogens is 1. The van der Waals surface area contributed by atoms with Crippen LogP contribution in [0.4, 0.5) is 0 Å². The molecule has 1 aliphatic carbocycles. The summed E-state index contributed by atoms with van der Waals surface area (Å²) in [5.41, 5.74) is 6.04. The third-order valence-electron chi connectivity index (χ3n) is 4.32. The maximum atomic E-state index is 6.04. The molecule has 0 spiro atoms. The van der Waals surface area contributed by atoms with E-state index >= 15 is 0 Å². The second kappa shape index (κ2) is 6.83. The van der Waals surface area contributed by atoms with Crippen molar-refractivity contribution in [1.82, 2.24) is 4.90 Å². The van der Waals surface area contributed by atoms with Crippen molar-refractivity contribution in [2.75, 3.05) is 19.6 Å². The second-order valence-electron chi connectivity index (χ2n) is 5.69. The van der Waals surface area contributed by atoms with Gasteiger partial charge in [-0.1, -0.05) is 39.0 Å². The molecule has 0 bridgehead atoms. The fraction of sp³-hybridized carbons (Fsp3) is 1.00. The molecule has 16 heavy (non-hydrogen) atoms. The van der Waals surface area contributed by atoms with Crippen molar-refractivity contribution in [1.29, 1.82) is 0 Å². The van der Waals surface area contributed by atoms with E-state index in [0.29, 0.717) is 12.0 Å². The quantitative estimate of drug-likeness (QED) is 0.830. The molecule has 2 nitrogen and oxygen atoms in total. The van der Waals surface area contributed by atoms with E-state index in [0.717, 1.165) is 12.5 Å².